The van der Waals surface area contributed by atoms with Gasteiger partial charge in [0.25, 0.3) is 0 Å². The van der Waals surface area contributed by atoms with Crippen molar-refractivity contribution < 1.29 is 46.1 Å². The molecule has 0 fully saturated rings. The zero-order chi connectivity index (χ0) is 24.2. The molecule has 2 rings (SSSR count). The normalized spacial score (nSPS) is 11.0. The summed E-state index contributed by atoms with van der Waals surface area (Å²) in [7, 11) is 1.46. The molecule has 33 heavy (non-hydrogen) atoms. The minimum Gasteiger partial charge on any atom is -0.447 e. The van der Waals surface area contributed by atoms with Gasteiger partial charge in [0.15, 0.2) is 0 Å². The van der Waals surface area contributed by atoms with E-state index in [-0.39, 0.29) is 24.5 Å². The van der Waals surface area contributed by atoms with E-state index in [1.807, 2.05) is 0 Å². The van der Waals surface area contributed by atoms with Crippen molar-refractivity contribution in [3.63, 3.8) is 0 Å². The van der Waals surface area contributed by atoms with Gasteiger partial charge in [-0.3, -0.25) is 10.1 Å². The van der Waals surface area contributed by atoms with Gasteiger partial charge in [-0.25, -0.2) is 4.79 Å². The monoisotopic (exact) mass is 472 g/mol. The van der Waals surface area contributed by atoms with Gasteiger partial charge in [0, 0.05) is 36.2 Å². The van der Waals surface area contributed by atoms with Crippen molar-refractivity contribution in [2.45, 2.75) is 13.2 Å². The first kappa shape index (κ1) is 25.5. The van der Waals surface area contributed by atoms with Crippen LogP contribution in [0.2, 0.25) is 0 Å². The number of halogens is 4. The molecular formula is C21H20F4N2O6. The second-order valence-corrected chi connectivity index (χ2v) is 6.11. The van der Waals surface area contributed by atoms with Crippen molar-refractivity contribution >= 4 is 29.5 Å². The van der Waals surface area contributed by atoms with E-state index in [2.05, 4.69) is 20.1 Å². The first-order valence-corrected chi connectivity index (χ1v) is 9.32. The van der Waals surface area contributed by atoms with Crippen LogP contribution in [0.5, 0.6) is 11.5 Å². The van der Waals surface area contributed by atoms with Gasteiger partial charge in [0.2, 0.25) is 5.91 Å². The van der Waals surface area contributed by atoms with E-state index in [1.165, 1.54) is 19.2 Å². The maximum Gasteiger partial charge on any atom is 0.411 e. The van der Waals surface area contributed by atoms with Crippen LogP contribution in [0.25, 0.3) is 6.08 Å². The molecule has 2 amide bonds. The smallest absolute Gasteiger partial charge is 0.411 e. The molecule has 0 heterocycles. The van der Waals surface area contributed by atoms with E-state index in [1.54, 1.807) is 18.2 Å². The maximum atomic E-state index is 12.6. The first-order valence-electron chi connectivity index (χ1n) is 9.32. The van der Waals surface area contributed by atoms with Gasteiger partial charge in [-0.2, -0.15) is 17.6 Å². The van der Waals surface area contributed by atoms with Gasteiger partial charge in [0.05, 0.1) is 6.61 Å². The molecule has 0 aromatic heterocycles. The Morgan fingerprint density at radius 3 is 2.30 bits per heavy atom. The van der Waals surface area contributed by atoms with Crippen LogP contribution >= 0.6 is 0 Å². The summed E-state index contributed by atoms with van der Waals surface area (Å²) in [5.41, 5.74) is 0.701. The molecule has 0 unspecified atom stereocenters. The zero-order valence-electron chi connectivity index (χ0n) is 17.2. The Kier molecular flexibility index (Phi) is 9.96. The highest BCUT2D eigenvalue weighted by molar-refractivity contribution is 6.02. The van der Waals surface area contributed by atoms with Crippen molar-refractivity contribution in [1.82, 2.24) is 0 Å². The predicted molar refractivity (Wildman–Crippen MR) is 111 cm³/mol. The van der Waals surface area contributed by atoms with Gasteiger partial charge in [-0.05, 0) is 36.4 Å². The van der Waals surface area contributed by atoms with Crippen LogP contribution in [-0.4, -0.2) is 45.5 Å². The molecule has 2 N–H and O–H groups in total. The summed E-state index contributed by atoms with van der Waals surface area (Å²) in [6, 6.07) is 9.30. The van der Waals surface area contributed by atoms with Gasteiger partial charge < -0.3 is 24.3 Å². The fourth-order valence-electron chi connectivity index (χ4n) is 2.42. The molecule has 0 spiro atoms. The predicted octanol–water partition coefficient (Wildman–Crippen LogP) is 4.74. The third-order valence-corrected chi connectivity index (χ3v) is 3.74. The fourth-order valence-corrected chi connectivity index (χ4v) is 2.42. The zero-order valence-corrected chi connectivity index (χ0v) is 17.2. The van der Waals surface area contributed by atoms with Gasteiger partial charge in [0.1, 0.15) is 18.1 Å². The molecule has 0 saturated heterocycles. The van der Waals surface area contributed by atoms with Gasteiger partial charge in [-0.1, -0.05) is 6.07 Å². The number of benzene rings is 2. The maximum absolute atomic E-state index is 12.6. The van der Waals surface area contributed by atoms with Gasteiger partial charge >= 0.3 is 19.3 Å². The molecule has 8 nitrogen and oxygen atoms in total. The molecule has 2 aromatic rings. The SMILES string of the molecule is COCCOC(=O)Nc1cccc(NC(=O)/C=C/c2ccc(OC(F)F)cc2OC(F)F)c1. The highest BCUT2D eigenvalue weighted by Gasteiger charge is 2.12. The number of amides is 2. The number of ether oxygens (including phenoxy) is 4. The lowest BCUT2D eigenvalue weighted by Crippen LogP contribution is -2.16. The Morgan fingerprint density at radius 1 is 0.939 bits per heavy atom. The number of hydrogen-bond acceptors (Lipinski definition) is 6. The number of hydrogen-bond donors (Lipinski definition) is 2. The molecular weight excluding hydrogens is 452 g/mol. The van der Waals surface area contributed by atoms with E-state index in [0.717, 1.165) is 24.3 Å². The number of anilines is 2. The Morgan fingerprint density at radius 2 is 1.64 bits per heavy atom. The lowest BCUT2D eigenvalue weighted by Gasteiger charge is -2.11. The minimum atomic E-state index is -3.22. The van der Waals surface area contributed by atoms with E-state index in [4.69, 9.17) is 9.47 Å². The molecule has 178 valence electrons. The number of rotatable bonds is 11. The number of methoxy groups -OCH3 is 1. The first-order chi connectivity index (χ1) is 15.8. The van der Waals surface area contributed by atoms with E-state index in [0.29, 0.717) is 11.4 Å². The summed E-state index contributed by atoms with van der Waals surface area (Å²) in [4.78, 5) is 23.9. The van der Waals surface area contributed by atoms with Gasteiger partial charge in [-0.15, -0.1) is 0 Å². The summed E-state index contributed by atoms with van der Waals surface area (Å²) in [5, 5.41) is 5.00. The number of carbonyl (C=O) groups excluding carboxylic acids is 2. The standard InChI is InChI=1S/C21H20F4N2O6/c1-30-9-10-31-21(29)27-15-4-2-3-14(11-15)26-18(28)8-6-13-5-7-16(32-19(22)23)12-17(13)33-20(24)25/h2-8,11-12,19-20H,9-10H2,1H3,(H,26,28)(H,27,29)/b8-6+. The molecule has 0 aliphatic heterocycles. The Bertz CT molecular complexity index is 972. The fraction of sp³-hybridized carbons (Fsp3) is 0.238. The largest absolute Gasteiger partial charge is 0.447 e. The summed E-state index contributed by atoms with van der Waals surface area (Å²) < 4.78 is 68.0. The molecule has 0 bridgehead atoms. The van der Waals surface area contributed by atoms with Crippen LogP contribution in [0, 0.1) is 0 Å². The average molecular weight is 472 g/mol. The Labute approximate surface area is 186 Å². The molecule has 0 atom stereocenters. The van der Waals surface area contributed by atoms with E-state index < -0.39 is 31.0 Å². The van der Waals surface area contributed by atoms with Crippen molar-refractivity contribution in [1.29, 1.82) is 0 Å². The van der Waals surface area contributed by atoms with Crippen LogP contribution < -0.4 is 20.1 Å². The van der Waals surface area contributed by atoms with Crippen LogP contribution in [0.3, 0.4) is 0 Å². The minimum absolute atomic E-state index is 0.0290. The lowest BCUT2D eigenvalue weighted by atomic mass is 10.1. The third kappa shape index (κ3) is 9.47. The second-order valence-electron chi connectivity index (χ2n) is 6.11. The Hall–Kier alpha value is -3.80. The van der Waals surface area contributed by atoms with Crippen LogP contribution in [-0.2, 0) is 14.3 Å². The molecule has 2 aromatic carbocycles. The summed E-state index contributed by atoms with van der Waals surface area (Å²) in [6.07, 6.45) is 1.48. The summed E-state index contributed by atoms with van der Waals surface area (Å²) in [5.74, 6) is -1.47. The lowest BCUT2D eigenvalue weighted by molar-refractivity contribution is -0.111. The summed E-state index contributed by atoms with van der Waals surface area (Å²) in [6.45, 7) is -6.06. The van der Waals surface area contributed by atoms with E-state index in [9.17, 15) is 27.2 Å². The number of alkyl halides is 4. The highest BCUT2D eigenvalue weighted by Crippen LogP contribution is 2.28. The average Bonchev–Trinajstić information content (AvgIpc) is 2.73. The molecule has 12 heteroatoms. The van der Waals surface area contributed by atoms with Crippen molar-refractivity contribution in [2.75, 3.05) is 31.0 Å². The van der Waals surface area contributed by atoms with E-state index >= 15 is 0 Å². The highest BCUT2D eigenvalue weighted by atomic mass is 19.3. The number of carbonyl (C=O) groups is 2. The van der Waals surface area contributed by atoms with Crippen molar-refractivity contribution in [3.8, 4) is 11.5 Å². The topological polar surface area (TPSA) is 95.1 Å². The third-order valence-electron chi connectivity index (χ3n) is 3.74. The molecule has 0 aliphatic rings. The van der Waals surface area contributed by atoms with Crippen LogP contribution in [0.15, 0.2) is 48.5 Å². The molecule has 0 radical (unpaired) electrons. The van der Waals surface area contributed by atoms with Crippen LogP contribution in [0.4, 0.5) is 33.7 Å². The molecule has 0 saturated carbocycles. The molecule has 0 aliphatic carbocycles. The van der Waals surface area contributed by atoms with Crippen molar-refractivity contribution in [2.24, 2.45) is 0 Å². The van der Waals surface area contributed by atoms with Crippen molar-refractivity contribution in [3.05, 3.63) is 54.1 Å². The van der Waals surface area contributed by atoms with Crippen LogP contribution in [0.1, 0.15) is 5.56 Å². The Balaban J connectivity index is 2.04. The quantitative estimate of drug-likeness (QED) is 0.279. The number of nitrogens with one attached hydrogen (secondary N) is 2. The summed E-state index contributed by atoms with van der Waals surface area (Å²) >= 11 is 0. The second kappa shape index (κ2) is 12.9.